The molecule has 0 saturated heterocycles. The lowest BCUT2D eigenvalue weighted by Crippen LogP contribution is -2.39. The second kappa shape index (κ2) is 11.5. The molecule has 3 aromatic carbocycles. The van der Waals surface area contributed by atoms with Crippen LogP contribution in [0.2, 0.25) is 0 Å². The molecule has 0 fully saturated rings. The van der Waals surface area contributed by atoms with Gasteiger partial charge in [-0.05, 0) is 37.3 Å². The molecule has 1 amide bonds. The smallest absolute Gasteiger partial charge is 0.311 e. The maximum atomic E-state index is 14.3. The molecule has 3 aromatic rings. The molecule has 0 aliphatic rings. The molecule has 36 heavy (non-hydrogen) atoms. The van der Waals surface area contributed by atoms with Crippen molar-refractivity contribution in [2.24, 2.45) is 5.10 Å². The van der Waals surface area contributed by atoms with Gasteiger partial charge in [0.15, 0.2) is 5.75 Å². The summed E-state index contributed by atoms with van der Waals surface area (Å²) in [6.07, 6.45) is 1.17. The van der Waals surface area contributed by atoms with Gasteiger partial charge >= 0.3 is 5.69 Å². The number of carbonyl (C=O) groups excluding carboxylic acids is 1. The van der Waals surface area contributed by atoms with E-state index >= 15 is 0 Å². The topological polar surface area (TPSA) is 131 Å². The van der Waals surface area contributed by atoms with Gasteiger partial charge in [-0.1, -0.05) is 35.9 Å². The van der Waals surface area contributed by atoms with Gasteiger partial charge in [0.2, 0.25) is 10.0 Å². The van der Waals surface area contributed by atoms with Gasteiger partial charge < -0.3 is 4.74 Å². The van der Waals surface area contributed by atoms with Gasteiger partial charge in [-0.25, -0.2) is 18.2 Å². The van der Waals surface area contributed by atoms with Crippen molar-refractivity contribution < 1.29 is 27.3 Å². The molecule has 0 aliphatic carbocycles. The number of carbonyl (C=O) groups is 1. The first-order valence-corrected chi connectivity index (χ1v) is 12.0. The second-order valence-corrected chi connectivity index (χ2v) is 9.60. The highest BCUT2D eigenvalue weighted by molar-refractivity contribution is 7.89. The maximum absolute atomic E-state index is 14.3. The van der Waals surface area contributed by atoms with Gasteiger partial charge in [-0.15, -0.1) is 0 Å². The molecule has 0 heterocycles. The summed E-state index contributed by atoms with van der Waals surface area (Å²) in [5, 5.41) is 14.9. The molecule has 10 nitrogen and oxygen atoms in total. The Kier molecular flexibility index (Phi) is 8.46. The first kappa shape index (κ1) is 26.4. The van der Waals surface area contributed by atoms with E-state index in [1.54, 1.807) is 25.1 Å². The first-order chi connectivity index (χ1) is 17.1. The minimum atomic E-state index is -4.16. The summed E-state index contributed by atoms with van der Waals surface area (Å²) in [6, 6.07) is 15.8. The third-order valence-electron chi connectivity index (χ3n) is 5.09. The number of hydrogen-bond acceptors (Lipinski definition) is 7. The Morgan fingerprint density at radius 2 is 1.86 bits per heavy atom. The predicted octanol–water partition coefficient (Wildman–Crippen LogP) is 3.39. The monoisotopic (exact) mass is 514 g/mol. The minimum Gasteiger partial charge on any atom is -0.490 e. The van der Waals surface area contributed by atoms with Crippen LogP contribution in [0.15, 0.2) is 76.7 Å². The Hall–Kier alpha value is -4.16. The average Bonchev–Trinajstić information content (AvgIpc) is 2.85. The second-order valence-electron chi connectivity index (χ2n) is 7.66. The molecule has 188 valence electrons. The molecular formula is C24H23FN4O6S. The Morgan fingerprint density at radius 3 is 2.50 bits per heavy atom. The number of halogens is 1. The summed E-state index contributed by atoms with van der Waals surface area (Å²) >= 11 is 0. The molecule has 0 atom stereocenters. The zero-order valence-corrected chi connectivity index (χ0v) is 20.2. The van der Waals surface area contributed by atoms with Crippen LogP contribution in [0.4, 0.5) is 10.1 Å². The molecule has 12 heteroatoms. The van der Waals surface area contributed by atoms with Crippen molar-refractivity contribution in [2.75, 3.05) is 13.7 Å². The summed E-state index contributed by atoms with van der Waals surface area (Å²) in [4.78, 5) is 23.1. The fourth-order valence-electron chi connectivity index (χ4n) is 3.21. The fraction of sp³-hybridized carbons (Fsp3) is 0.167. The van der Waals surface area contributed by atoms with Crippen LogP contribution < -0.4 is 10.2 Å². The van der Waals surface area contributed by atoms with Crippen LogP contribution in [0.3, 0.4) is 0 Å². The van der Waals surface area contributed by atoms with Gasteiger partial charge in [-0.2, -0.15) is 9.41 Å². The number of nitrogens with one attached hydrogen (secondary N) is 1. The molecule has 0 aromatic heterocycles. The number of nitro groups is 1. The molecular weight excluding hydrogens is 491 g/mol. The van der Waals surface area contributed by atoms with Crippen LogP contribution in [0.25, 0.3) is 0 Å². The lowest BCUT2D eigenvalue weighted by molar-refractivity contribution is -0.385. The quantitative estimate of drug-likeness (QED) is 0.251. The van der Waals surface area contributed by atoms with E-state index in [1.165, 1.54) is 61.9 Å². The van der Waals surface area contributed by atoms with Gasteiger partial charge in [-0.3, -0.25) is 14.9 Å². The summed E-state index contributed by atoms with van der Waals surface area (Å²) in [5.41, 5.74) is 3.16. The normalized spacial score (nSPS) is 11.6. The lowest BCUT2D eigenvalue weighted by Gasteiger charge is -2.22. The van der Waals surface area contributed by atoms with Gasteiger partial charge in [0, 0.05) is 23.7 Å². The van der Waals surface area contributed by atoms with E-state index < -0.39 is 33.2 Å². The first-order valence-electron chi connectivity index (χ1n) is 10.6. The van der Waals surface area contributed by atoms with Crippen molar-refractivity contribution in [2.45, 2.75) is 18.4 Å². The summed E-state index contributed by atoms with van der Waals surface area (Å²) in [5.74, 6) is -1.34. The number of hydrogen-bond donors (Lipinski definition) is 1. The molecule has 0 spiro atoms. The van der Waals surface area contributed by atoms with Crippen LogP contribution in [-0.4, -0.2) is 43.4 Å². The van der Waals surface area contributed by atoms with Crippen LogP contribution in [-0.2, 0) is 21.4 Å². The standard InChI is InChI=1S/C24H23FN4O6S/c1-17-7-10-20(11-8-17)36(33,34)28(15-19-5-3-4-6-21(19)25)16-24(30)27-26-14-18-9-12-23(35-2)22(13-18)29(31)32/h3-14H,15-16H2,1-2H3,(H,27,30)/b26-14-. The highest BCUT2D eigenvalue weighted by Crippen LogP contribution is 2.27. The Morgan fingerprint density at radius 1 is 1.17 bits per heavy atom. The molecule has 0 unspecified atom stereocenters. The Labute approximate surface area is 207 Å². The van der Waals surface area contributed by atoms with Crippen LogP contribution in [0, 0.1) is 22.9 Å². The number of nitrogens with zero attached hydrogens (tertiary/aromatic N) is 3. The van der Waals surface area contributed by atoms with Crippen molar-refractivity contribution in [1.82, 2.24) is 9.73 Å². The predicted molar refractivity (Wildman–Crippen MR) is 131 cm³/mol. The number of sulfonamides is 1. The summed E-state index contributed by atoms with van der Waals surface area (Å²) < 4.78 is 46.6. The summed E-state index contributed by atoms with van der Waals surface area (Å²) in [6.45, 7) is 0.770. The van der Waals surface area contributed by atoms with Crippen LogP contribution in [0.5, 0.6) is 5.75 Å². The van der Waals surface area contributed by atoms with Gasteiger partial charge in [0.05, 0.1) is 29.7 Å². The number of amides is 1. The number of hydrazone groups is 1. The number of ether oxygens (including phenoxy) is 1. The van der Waals surface area contributed by atoms with E-state index in [9.17, 15) is 27.7 Å². The fourth-order valence-corrected chi connectivity index (χ4v) is 4.58. The highest BCUT2D eigenvalue weighted by atomic mass is 32.2. The van der Waals surface area contributed by atoms with Gasteiger partial charge in [0.1, 0.15) is 5.82 Å². The third kappa shape index (κ3) is 6.49. The van der Waals surface area contributed by atoms with Gasteiger partial charge in [0.25, 0.3) is 5.91 Å². The molecule has 1 N–H and O–H groups in total. The van der Waals surface area contributed by atoms with Crippen molar-refractivity contribution in [3.63, 3.8) is 0 Å². The van der Waals surface area contributed by atoms with E-state index in [4.69, 9.17) is 4.74 Å². The number of rotatable bonds is 10. The molecule has 0 saturated carbocycles. The Bertz CT molecular complexity index is 1390. The van der Waals surface area contributed by atoms with E-state index in [-0.39, 0.29) is 28.4 Å². The van der Waals surface area contributed by atoms with E-state index in [2.05, 4.69) is 10.5 Å². The largest absolute Gasteiger partial charge is 0.490 e. The van der Waals surface area contributed by atoms with Crippen molar-refractivity contribution in [3.05, 3.63) is 99.4 Å². The van der Waals surface area contributed by atoms with Crippen molar-refractivity contribution >= 4 is 27.8 Å². The van der Waals surface area contributed by atoms with Crippen LogP contribution >= 0.6 is 0 Å². The zero-order chi connectivity index (χ0) is 26.3. The van der Waals surface area contributed by atoms with Crippen LogP contribution in [0.1, 0.15) is 16.7 Å². The molecule has 0 bridgehead atoms. The van der Waals surface area contributed by atoms with Crippen molar-refractivity contribution in [3.8, 4) is 5.75 Å². The lowest BCUT2D eigenvalue weighted by atomic mass is 10.2. The van der Waals surface area contributed by atoms with E-state index in [0.717, 1.165) is 9.87 Å². The van der Waals surface area contributed by atoms with Crippen molar-refractivity contribution in [1.29, 1.82) is 0 Å². The molecule has 0 aliphatic heterocycles. The minimum absolute atomic E-state index is 0.0497. The van der Waals surface area contributed by atoms with E-state index in [0.29, 0.717) is 5.56 Å². The summed E-state index contributed by atoms with van der Waals surface area (Å²) in [7, 11) is -2.86. The zero-order valence-electron chi connectivity index (χ0n) is 19.4. The highest BCUT2D eigenvalue weighted by Gasteiger charge is 2.27. The number of nitro benzene ring substituents is 1. The molecule has 3 rings (SSSR count). The number of benzene rings is 3. The average molecular weight is 515 g/mol. The SMILES string of the molecule is COc1ccc(/C=N\NC(=O)CN(Cc2ccccc2F)S(=O)(=O)c2ccc(C)cc2)cc1[N+](=O)[O-]. The molecule has 0 radical (unpaired) electrons. The maximum Gasteiger partial charge on any atom is 0.311 e. The number of aryl methyl sites for hydroxylation is 1. The number of methoxy groups -OCH3 is 1. The Balaban J connectivity index is 1.80. The van der Waals surface area contributed by atoms with E-state index in [1.807, 2.05) is 0 Å². The third-order valence-corrected chi connectivity index (χ3v) is 6.89.